The molecule has 0 fully saturated rings. The third kappa shape index (κ3) is 6.21. The van der Waals surface area contributed by atoms with Gasteiger partial charge in [-0.25, -0.2) is 4.79 Å². The minimum atomic E-state index is -1.07. The van der Waals surface area contributed by atoms with Crippen LogP contribution in [0.4, 0.5) is 10.5 Å². The summed E-state index contributed by atoms with van der Waals surface area (Å²) in [6.07, 6.45) is -0.134. The lowest BCUT2D eigenvalue weighted by Gasteiger charge is -2.21. The minimum Gasteiger partial charge on any atom is -0.480 e. The van der Waals surface area contributed by atoms with E-state index in [0.717, 1.165) is 33.4 Å². The molecule has 202 valence electrons. The van der Waals surface area contributed by atoms with Crippen molar-refractivity contribution in [1.82, 2.24) is 4.90 Å². The summed E-state index contributed by atoms with van der Waals surface area (Å²) < 4.78 is 5.68. The fraction of sp³-hybridized carbons (Fsp3) is 0.182. The number of benzene rings is 4. The third-order valence-corrected chi connectivity index (χ3v) is 7.10. The van der Waals surface area contributed by atoms with Gasteiger partial charge in [0.2, 0.25) is 5.91 Å². The monoisotopic (exact) mass is 534 g/mol. The number of rotatable bonds is 10. The molecule has 0 aliphatic heterocycles. The first-order chi connectivity index (χ1) is 19.5. The Morgan fingerprint density at radius 1 is 0.775 bits per heavy atom. The fourth-order valence-corrected chi connectivity index (χ4v) is 5.20. The summed E-state index contributed by atoms with van der Waals surface area (Å²) in [4.78, 5) is 38.6. The van der Waals surface area contributed by atoms with Crippen LogP contribution in [0.25, 0.3) is 11.1 Å². The summed E-state index contributed by atoms with van der Waals surface area (Å²) >= 11 is 0. The quantitative estimate of drug-likeness (QED) is 0.257. The molecule has 40 heavy (non-hydrogen) atoms. The standard InChI is InChI=1S/C33H30N2O5/c36-31(35(21-32(37)38)20-23-10-2-1-3-11-23)19-18-24-12-4-9-17-30(24)34-33(39)40-22-29-27-15-7-5-13-25(27)26-14-6-8-16-28(26)29/h1-17,29H,18-22H2,(H,34,39)(H,37,38). The predicted octanol–water partition coefficient (Wildman–Crippen LogP) is 6.09. The minimum absolute atomic E-state index is 0.0455. The lowest BCUT2D eigenvalue weighted by Crippen LogP contribution is -2.35. The first kappa shape index (κ1) is 26.7. The number of carboxylic acid groups (broad SMARTS) is 1. The molecule has 7 nitrogen and oxygen atoms in total. The highest BCUT2D eigenvalue weighted by atomic mass is 16.5. The van der Waals surface area contributed by atoms with Gasteiger partial charge in [-0.15, -0.1) is 0 Å². The molecule has 0 saturated heterocycles. The van der Waals surface area contributed by atoms with Crippen LogP contribution < -0.4 is 5.32 Å². The predicted molar refractivity (Wildman–Crippen MR) is 153 cm³/mol. The number of amides is 2. The number of para-hydroxylation sites is 1. The normalized spacial score (nSPS) is 11.8. The van der Waals surface area contributed by atoms with E-state index in [-0.39, 0.29) is 37.9 Å². The van der Waals surface area contributed by atoms with Crippen LogP contribution in [0, 0.1) is 0 Å². The van der Waals surface area contributed by atoms with Crippen LogP contribution in [0.2, 0.25) is 0 Å². The van der Waals surface area contributed by atoms with Gasteiger partial charge in [0.05, 0.1) is 0 Å². The molecule has 0 aromatic heterocycles. The number of ether oxygens (including phenoxy) is 1. The molecule has 2 amide bonds. The lowest BCUT2D eigenvalue weighted by atomic mass is 9.98. The maximum absolute atomic E-state index is 13.0. The molecule has 7 heteroatoms. The topological polar surface area (TPSA) is 95.9 Å². The molecule has 1 aliphatic rings. The van der Waals surface area contributed by atoms with E-state index in [1.807, 2.05) is 66.7 Å². The zero-order valence-corrected chi connectivity index (χ0v) is 22.0. The van der Waals surface area contributed by atoms with Gasteiger partial charge in [-0.1, -0.05) is 97.1 Å². The van der Waals surface area contributed by atoms with Gasteiger partial charge in [0.25, 0.3) is 0 Å². The molecule has 1 aliphatic carbocycles. The van der Waals surface area contributed by atoms with E-state index in [1.165, 1.54) is 4.90 Å². The number of carbonyl (C=O) groups is 3. The van der Waals surface area contributed by atoms with Crippen molar-refractivity contribution < 1.29 is 24.2 Å². The van der Waals surface area contributed by atoms with E-state index < -0.39 is 12.1 Å². The number of hydrogen-bond acceptors (Lipinski definition) is 4. The zero-order valence-electron chi connectivity index (χ0n) is 22.0. The van der Waals surface area contributed by atoms with Gasteiger partial charge in [0.1, 0.15) is 13.2 Å². The molecule has 4 aromatic rings. The molecule has 5 rings (SSSR count). The first-order valence-electron chi connectivity index (χ1n) is 13.2. The number of hydrogen-bond donors (Lipinski definition) is 2. The molecule has 0 atom stereocenters. The molecular formula is C33H30N2O5. The van der Waals surface area contributed by atoms with E-state index >= 15 is 0 Å². The molecular weight excluding hydrogens is 504 g/mol. The Morgan fingerprint density at radius 3 is 2.05 bits per heavy atom. The number of fused-ring (bicyclic) bond motifs is 3. The summed E-state index contributed by atoms with van der Waals surface area (Å²) in [7, 11) is 0. The number of anilines is 1. The van der Waals surface area contributed by atoms with Crippen LogP contribution in [0.5, 0.6) is 0 Å². The number of carbonyl (C=O) groups excluding carboxylic acids is 2. The van der Waals surface area contributed by atoms with E-state index in [2.05, 4.69) is 29.6 Å². The molecule has 0 spiro atoms. The molecule has 0 unspecified atom stereocenters. The SMILES string of the molecule is O=C(O)CN(Cc1ccccc1)C(=O)CCc1ccccc1NC(=O)OCC1c2ccccc2-c2ccccc21. The second-order valence-corrected chi connectivity index (χ2v) is 9.74. The average molecular weight is 535 g/mol. The van der Waals surface area contributed by atoms with Crippen molar-refractivity contribution in [2.75, 3.05) is 18.5 Å². The highest BCUT2D eigenvalue weighted by molar-refractivity contribution is 5.87. The van der Waals surface area contributed by atoms with Crippen molar-refractivity contribution in [2.45, 2.75) is 25.3 Å². The van der Waals surface area contributed by atoms with Crippen molar-refractivity contribution in [1.29, 1.82) is 0 Å². The van der Waals surface area contributed by atoms with Gasteiger partial charge in [-0.05, 0) is 45.9 Å². The maximum Gasteiger partial charge on any atom is 0.411 e. The van der Waals surface area contributed by atoms with Crippen molar-refractivity contribution in [3.8, 4) is 11.1 Å². The summed E-state index contributed by atoms with van der Waals surface area (Å²) in [5, 5.41) is 12.1. The van der Waals surface area contributed by atoms with Crippen molar-refractivity contribution >= 4 is 23.7 Å². The Kier molecular flexibility index (Phi) is 8.21. The van der Waals surface area contributed by atoms with Gasteiger partial charge in [0, 0.05) is 24.6 Å². The maximum atomic E-state index is 13.0. The van der Waals surface area contributed by atoms with Crippen LogP contribution in [0.3, 0.4) is 0 Å². The van der Waals surface area contributed by atoms with E-state index in [9.17, 15) is 19.5 Å². The third-order valence-electron chi connectivity index (χ3n) is 7.10. The largest absolute Gasteiger partial charge is 0.480 e. The number of aliphatic carboxylic acids is 1. The Balaban J connectivity index is 1.21. The molecule has 0 heterocycles. The zero-order chi connectivity index (χ0) is 27.9. The summed E-state index contributed by atoms with van der Waals surface area (Å²) in [5.41, 5.74) is 6.76. The van der Waals surface area contributed by atoms with E-state index in [0.29, 0.717) is 12.1 Å². The second-order valence-electron chi connectivity index (χ2n) is 9.74. The Bertz CT molecular complexity index is 1470. The smallest absolute Gasteiger partial charge is 0.411 e. The van der Waals surface area contributed by atoms with Gasteiger partial charge < -0.3 is 14.7 Å². The highest BCUT2D eigenvalue weighted by Crippen LogP contribution is 2.44. The van der Waals surface area contributed by atoms with Crippen LogP contribution in [0.15, 0.2) is 103 Å². The van der Waals surface area contributed by atoms with Gasteiger partial charge in [-0.2, -0.15) is 0 Å². The first-order valence-corrected chi connectivity index (χ1v) is 13.2. The molecule has 2 N–H and O–H groups in total. The Labute approximate surface area is 233 Å². The summed E-state index contributed by atoms with van der Waals surface area (Å²) in [6.45, 7) is 0.0309. The highest BCUT2D eigenvalue weighted by Gasteiger charge is 2.29. The van der Waals surface area contributed by atoms with Gasteiger partial charge in [-0.3, -0.25) is 14.9 Å². The molecule has 0 saturated carbocycles. The van der Waals surface area contributed by atoms with Crippen LogP contribution >= 0.6 is 0 Å². The number of nitrogens with one attached hydrogen (secondary N) is 1. The fourth-order valence-electron chi connectivity index (χ4n) is 5.20. The van der Waals surface area contributed by atoms with Gasteiger partial charge in [0.15, 0.2) is 0 Å². The van der Waals surface area contributed by atoms with E-state index in [4.69, 9.17) is 4.74 Å². The number of nitrogens with zero attached hydrogens (tertiary/aromatic N) is 1. The summed E-state index contributed by atoms with van der Waals surface area (Å²) in [6, 6.07) is 32.8. The molecule has 0 radical (unpaired) electrons. The second kappa shape index (κ2) is 12.3. The summed E-state index contributed by atoms with van der Waals surface area (Å²) in [5.74, 6) is -1.39. The number of carboxylic acids is 1. The van der Waals surface area contributed by atoms with Crippen LogP contribution in [0.1, 0.15) is 34.6 Å². The van der Waals surface area contributed by atoms with Crippen LogP contribution in [-0.4, -0.2) is 41.1 Å². The molecule has 0 bridgehead atoms. The molecule has 4 aromatic carbocycles. The van der Waals surface area contributed by atoms with Crippen molar-refractivity contribution in [2.24, 2.45) is 0 Å². The Morgan fingerprint density at radius 2 is 1.38 bits per heavy atom. The van der Waals surface area contributed by atoms with Gasteiger partial charge >= 0.3 is 12.1 Å². The lowest BCUT2D eigenvalue weighted by molar-refractivity contribution is -0.144. The van der Waals surface area contributed by atoms with Crippen LogP contribution in [-0.2, 0) is 27.3 Å². The number of aryl methyl sites for hydroxylation is 1. The van der Waals surface area contributed by atoms with Crippen molar-refractivity contribution in [3.63, 3.8) is 0 Å². The Hall–Kier alpha value is -4.91. The average Bonchev–Trinajstić information content (AvgIpc) is 3.29. The van der Waals surface area contributed by atoms with Crippen molar-refractivity contribution in [3.05, 3.63) is 125 Å². The van der Waals surface area contributed by atoms with E-state index in [1.54, 1.807) is 12.1 Å².